The molecule has 0 saturated carbocycles. The molecule has 1 N–H and O–H groups in total. The summed E-state index contributed by atoms with van der Waals surface area (Å²) in [5.41, 5.74) is 0. The Kier molecular flexibility index (Phi) is 3.81. The van der Waals surface area contributed by atoms with Crippen LogP contribution in [0.1, 0.15) is 6.92 Å². The van der Waals surface area contributed by atoms with Crippen LogP contribution in [-0.2, 0) is 0 Å². The lowest BCUT2D eigenvalue weighted by molar-refractivity contribution is 1.30. The highest BCUT2D eigenvalue weighted by Gasteiger charge is 1.73. The van der Waals surface area contributed by atoms with E-state index < -0.39 is 0 Å². The van der Waals surface area contributed by atoms with Gasteiger partial charge >= 0.3 is 0 Å². The molecule has 0 radical (unpaired) electrons. The molecule has 0 amide bonds. The molecule has 2 nitrogen and oxygen atoms in total. The van der Waals surface area contributed by atoms with Gasteiger partial charge in [-0.05, 0) is 6.92 Å². The van der Waals surface area contributed by atoms with Crippen LogP contribution in [0.3, 0.4) is 0 Å². The zero-order valence-electron chi connectivity index (χ0n) is 4.51. The third kappa shape index (κ3) is 5.12. The minimum Gasteiger partial charge on any atom is -0.356 e. The van der Waals surface area contributed by atoms with Gasteiger partial charge in [0.25, 0.3) is 0 Å². The van der Waals surface area contributed by atoms with Crippen LogP contribution in [0.2, 0.25) is 0 Å². The topological polar surface area (TPSA) is 35.8 Å². The summed E-state index contributed by atoms with van der Waals surface area (Å²) < 4.78 is 0. The van der Waals surface area contributed by atoms with Crippen molar-refractivity contribution >= 4 is 17.2 Å². The SMILES string of the molecule is CC(=S)NC=CC#N. The number of nitrogens with zero attached hydrogens (tertiary/aromatic N) is 1. The number of thiocarbonyl (C=S) groups is 1. The normalized spacial score (nSPS) is 8.50. The minimum absolute atomic E-state index is 0.663. The first-order chi connectivity index (χ1) is 3.77. The second-order valence-corrected chi connectivity index (χ2v) is 1.78. The summed E-state index contributed by atoms with van der Waals surface area (Å²) >= 11 is 4.64. The predicted molar refractivity (Wildman–Crippen MR) is 36.2 cm³/mol. The third-order valence-corrected chi connectivity index (χ3v) is 0.562. The van der Waals surface area contributed by atoms with Crippen LogP contribution in [0.15, 0.2) is 12.3 Å². The fraction of sp³-hybridized carbons (Fsp3) is 0.200. The average molecular weight is 126 g/mol. The van der Waals surface area contributed by atoms with Gasteiger partial charge in [0.15, 0.2) is 0 Å². The molecule has 0 aliphatic carbocycles. The van der Waals surface area contributed by atoms with Crippen molar-refractivity contribution < 1.29 is 0 Å². The molecule has 0 rings (SSSR count). The number of allylic oxidation sites excluding steroid dienone is 1. The minimum atomic E-state index is 0.663. The Balaban J connectivity index is 3.34. The van der Waals surface area contributed by atoms with Gasteiger partial charge in [0.2, 0.25) is 0 Å². The van der Waals surface area contributed by atoms with E-state index >= 15 is 0 Å². The smallest absolute Gasteiger partial charge is 0.0927 e. The van der Waals surface area contributed by atoms with Crippen LogP contribution < -0.4 is 5.32 Å². The van der Waals surface area contributed by atoms with Crippen molar-refractivity contribution in [2.75, 3.05) is 0 Å². The van der Waals surface area contributed by atoms with Crippen molar-refractivity contribution in [3.63, 3.8) is 0 Å². The molecule has 0 fully saturated rings. The Morgan fingerprint density at radius 3 is 2.88 bits per heavy atom. The Hall–Kier alpha value is -0.880. The molecule has 0 atom stereocenters. The van der Waals surface area contributed by atoms with Crippen LogP contribution in [0.5, 0.6) is 0 Å². The molecule has 3 heteroatoms. The van der Waals surface area contributed by atoms with E-state index in [4.69, 9.17) is 5.26 Å². The fourth-order valence-electron chi connectivity index (χ4n) is 0.196. The Bertz CT molecular complexity index is 143. The largest absolute Gasteiger partial charge is 0.356 e. The van der Waals surface area contributed by atoms with Crippen LogP contribution in [-0.4, -0.2) is 4.99 Å². The lowest BCUT2D eigenvalue weighted by atomic mass is 10.6. The first kappa shape index (κ1) is 7.12. The summed E-state index contributed by atoms with van der Waals surface area (Å²) in [7, 11) is 0. The van der Waals surface area contributed by atoms with E-state index in [0.29, 0.717) is 4.99 Å². The first-order valence-electron chi connectivity index (χ1n) is 2.09. The van der Waals surface area contributed by atoms with E-state index in [-0.39, 0.29) is 0 Å². The van der Waals surface area contributed by atoms with Gasteiger partial charge in [-0.25, -0.2) is 0 Å². The van der Waals surface area contributed by atoms with Crippen molar-refractivity contribution in [2.24, 2.45) is 0 Å². The highest BCUT2D eigenvalue weighted by molar-refractivity contribution is 7.80. The van der Waals surface area contributed by atoms with Gasteiger partial charge in [-0.2, -0.15) is 5.26 Å². The monoisotopic (exact) mass is 126 g/mol. The van der Waals surface area contributed by atoms with Gasteiger partial charge in [0, 0.05) is 12.3 Å². The first-order valence-corrected chi connectivity index (χ1v) is 2.50. The van der Waals surface area contributed by atoms with Crippen molar-refractivity contribution in [1.82, 2.24) is 5.32 Å². The summed E-state index contributed by atoms with van der Waals surface area (Å²) in [5, 5.41) is 10.6. The molecule has 0 aromatic heterocycles. The Morgan fingerprint density at radius 2 is 2.50 bits per heavy atom. The maximum Gasteiger partial charge on any atom is 0.0927 e. The molecule has 42 valence electrons. The number of hydrogen-bond donors (Lipinski definition) is 1. The van der Waals surface area contributed by atoms with Gasteiger partial charge in [0.1, 0.15) is 0 Å². The summed E-state index contributed by atoms with van der Waals surface area (Å²) in [6, 6.07) is 1.82. The van der Waals surface area contributed by atoms with Crippen molar-refractivity contribution in [3.8, 4) is 6.07 Å². The lowest BCUT2D eigenvalue weighted by Gasteiger charge is -1.88. The maximum atomic E-state index is 7.96. The molecule has 8 heavy (non-hydrogen) atoms. The van der Waals surface area contributed by atoms with Crippen molar-refractivity contribution in [3.05, 3.63) is 12.3 Å². The predicted octanol–water partition coefficient (Wildman–Crippen LogP) is 0.961. The van der Waals surface area contributed by atoms with Crippen molar-refractivity contribution in [2.45, 2.75) is 6.92 Å². The molecular weight excluding hydrogens is 120 g/mol. The van der Waals surface area contributed by atoms with Crippen LogP contribution >= 0.6 is 12.2 Å². The van der Waals surface area contributed by atoms with E-state index in [1.807, 2.05) is 6.07 Å². The Morgan fingerprint density at radius 1 is 1.88 bits per heavy atom. The maximum absolute atomic E-state index is 7.96. The lowest BCUT2D eigenvalue weighted by Crippen LogP contribution is -2.08. The average Bonchev–Trinajstić information content (AvgIpc) is 1.66. The van der Waals surface area contributed by atoms with E-state index in [1.165, 1.54) is 12.3 Å². The van der Waals surface area contributed by atoms with E-state index in [2.05, 4.69) is 17.5 Å². The highest BCUT2D eigenvalue weighted by Crippen LogP contribution is 1.67. The quantitative estimate of drug-likeness (QED) is 0.420. The van der Waals surface area contributed by atoms with Crippen LogP contribution in [0.4, 0.5) is 0 Å². The molecule has 0 saturated heterocycles. The van der Waals surface area contributed by atoms with Crippen molar-refractivity contribution in [1.29, 1.82) is 5.26 Å². The Labute approximate surface area is 53.8 Å². The number of hydrogen-bond acceptors (Lipinski definition) is 2. The third-order valence-electron chi connectivity index (χ3n) is 0.444. The fourth-order valence-corrected chi connectivity index (χ4v) is 0.264. The number of rotatable bonds is 1. The van der Waals surface area contributed by atoms with Gasteiger partial charge in [-0.1, -0.05) is 12.2 Å². The molecule has 0 aliphatic heterocycles. The number of nitriles is 1. The second kappa shape index (κ2) is 4.28. The summed E-state index contributed by atoms with van der Waals surface area (Å²) in [5.74, 6) is 0. The van der Waals surface area contributed by atoms with Crippen LogP contribution in [0.25, 0.3) is 0 Å². The highest BCUT2D eigenvalue weighted by atomic mass is 32.1. The molecule has 0 unspecified atom stereocenters. The summed E-state index contributed by atoms with van der Waals surface area (Å²) in [4.78, 5) is 0.663. The van der Waals surface area contributed by atoms with Gasteiger partial charge < -0.3 is 5.32 Å². The molecule has 0 aromatic carbocycles. The molecule has 0 bridgehead atoms. The van der Waals surface area contributed by atoms with Gasteiger partial charge in [-0.15, -0.1) is 0 Å². The standard InChI is InChI=1S/C5H6N2S/c1-5(8)7-4-2-3-6/h2,4H,1H3,(H,7,8). The van der Waals surface area contributed by atoms with E-state index in [0.717, 1.165) is 0 Å². The zero-order valence-corrected chi connectivity index (χ0v) is 5.33. The zero-order chi connectivity index (χ0) is 6.41. The molecule has 0 aromatic rings. The molecule has 0 aliphatic rings. The number of nitrogens with one attached hydrogen (secondary N) is 1. The summed E-state index contributed by atoms with van der Waals surface area (Å²) in [6.45, 7) is 1.75. The summed E-state index contributed by atoms with van der Waals surface area (Å²) in [6.07, 6.45) is 2.83. The second-order valence-electron chi connectivity index (χ2n) is 1.16. The molecule has 0 spiro atoms. The van der Waals surface area contributed by atoms with Crippen LogP contribution in [0, 0.1) is 11.3 Å². The van der Waals surface area contributed by atoms with E-state index in [1.54, 1.807) is 6.92 Å². The molecular formula is C5H6N2S. The van der Waals surface area contributed by atoms with E-state index in [9.17, 15) is 0 Å². The van der Waals surface area contributed by atoms with Gasteiger partial charge in [-0.3, -0.25) is 0 Å². The molecule has 0 heterocycles. The van der Waals surface area contributed by atoms with Gasteiger partial charge in [0.05, 0.1) is 11.1 Å².